The van der Waals surface area contributed by atoms with Gasteiger partial charge in [0.05, 0.1) is 6.42 Å². The Hall–Kier alpha value is -3.22. The average molecular weight is 354 g/mol. The summed E-state index contributed by atoms with van der Waals surface area (Å²) in [6.07, 6.45) is 1.68. The first-order chi connectivity index (χ1) is 12.4. The van der Waals surface area contributed by atoms with Crippen LogP contribution in [0.3, 0.4) is 0 Å². The van der Waals surface area contributed by atoms with Gasteiger partial charge >= 0.3 is 0 Å². The molecule has 0 unspecified atom stereocenters. The van der Waals surface area contributed by atoms with Crippen LogP contribution in [0.25, 0.3) is 0 Å². The number of carbonyl (C=O) groups excluding carboxylic acids is 2. The third kappa shape index (κ3) is 6.72. The number of aromatic nitrogens is 1. The van der Waals surface area contributed by atoms with Crippen molar-refractivity contribution in [3.8, 4) is 5.75 Å². The van der Waals surface area contributed by atoms with Crippen molar-refractivity contribution >= 4 is 23.3 Å². The van der Waals surface area contributed by atoms with Gasteiger partial charge in [0.15, 0.2) is 6.61 Å². The van der Waals surface area contributed by atoms with Gasteiger partial charge in [-0.15, -0.1) is 0 Å². The summed E-state index contributed by atoms with van der Waals surface area (Å²) >= 11 is 0. The average Bonchev–Trinajstić information content (AvgIpc) is 2.59. The first kappa shape index (κ1) is 19.1. The Kier molecular flexibility index (Phi) is 6.84. The summed E-state index contributed by atoms with van der Waals surface area (Å²) in [6, 6.07) is 11.0. The highest BCUT2D eigenvalue weighted by Crippen LogP contribution is 2.11. The number of amides is 2. The third-order valence-corrected chi connectivity index (χ3v) is 3.36. The molecule has 26 heavy (non-hydrogen) atoms. The van der Waals surface area contributed by atoms with Crippen molar-refractivity contribution in [2.75, 3.05) is 11.9 Å². The van der Waals surface area contributed by atoms with Crippen LogP contribution in [0.15, 0.2) is 47.7 Å². The van der Waals surface area contributed by atoms with Crippen LogP contribution >= 0.6 is 0 Å². The molecule has 1 aromatic carbocycles. The number of hydrazone groups is 1. The first-order valence-corrected chi connectivity index (χ1v) is 8.16. The number of benzene rings is 1. The molecule has 0 saturated carbocycles. The van der Waals surface area contributed by atoms with Gasteiger partial charge in [0.2, 0.25) is 5.91 Å². The minimum Gasteiger partial charge on any atom is -0.484 e. The SMILES string of the molecule is C/C(CC(=O)Nc1cc(C)ccn1)=N/NC(=O)COc1ccc(C)cc1. The van der Waals surface area contributed by atoms with Gasteiger partial charge < -0.3 is 10.1 Å². The monoisotopic (exact) mass is 354 g/mol. The Morgan fingerprint density at radius 2 is 1.81 bits per heavy atom. The van der Waals surface area contributed by atoms with E-state index < -0.39 is 5.91 Å². The van der Waals surface area contributed by atoms with Crippen molar-refractivity contribution in [2.24, 2.45) is 5.10 Å². The van der Waals surface area contributed by atoms with Gasteiger partial charge in [-0.3, -0.25) is 9.59 Å². The third-order valence-electron chi connectivity index (χ3n) is 3.36. The number of hydrogen-bond acceptors (Lipinski definition) is 5. The molecule has 2 amide bonds. The zero-order chi connectivity index (χ0) is 18.9. The summed E-state index contributed by atoms with van der Waals surface area (Å²) in [6.45, 7) is 5.39. The summed E-state index contributed by atoms with van der Waals surface area (Å²) in [5.74, 6) is 0.440. The second-order valence-corrected chi connectivity index (χ2v) is 5.93. The molecular formula is C19H22N4O3. The lowest BCUT2D eigenvalue weighted by Crippen LogP contribution is -2.26. The first-order valence-electron chi connectivity index (χ1n) is 8.16. The minimum atomic E-state index is -0.398. The fraction of sp³-hybridized carbons (Fsp3) is 0.263. The number of pyridine rings is 1. The quantitative estimate of drug-likeness (QED) is 0.590. The molecular weight excluding hydrogens is 332 g/mol. The fourth-order valence-electron chi connectivity index (χ4n) is 2.04. The van der Waals surface area contributed by atoms with E-state index in [9.17, 15) is 9.59 Å². The molecule has 0 spiro atoms. The number of nitrogens with zero attached hydrogens (tertiary/aromatic N) is 2. The summed E-state index contributed by atoms with van der Waals surface area (Å²) in [5.41, 5.74) is 4.96. The summed E-state index contributed by atoms with van der Waals surface area (Å²) < 4.78 is 5.36. The van der Waals surface area contributed by atoms with Crippen LogP contribution in [0.4, 0.5) is 5.82 Å². The Labute approximate surface area is 152 Å². The number of anilines is 1. The Morgan fingerprint density at radius 1 is 1.08 bits per heavy atom. The maximum absolute atomic E-state index is 11.9. The van der Waals surface area contributed by atoms with Gasteiger partial charge in [0.1, 0.15) is 11.6 Å². The largest absolute Gasteiger partial charge is 0.484 e. The lowest BCUT2D eigenvalue weighted by Gasteiger charge is -2.07. The molecule has 0 aliphatic rings. The van der Waals surface area contributed by atoms with Crippen LogP contribution in [0, 0.1) is 13.8 Å². The topological polar surface area (TPSA) is 92.7 Å². The van der Waals surface area contributed by atoms with Crippen molar-refractivity contribution in [1.29, 1.82) is 0 Å². The maximum Gasteiger partial charge on any atom is 0.277 e. The van der Waals surface area contributed by atoms with Gasteiger partial charge in [-0.2, -0.15) is 5.10 Å². The lowest BCUT2D eigenvalue weighted by molar-refractivity contribution is -0.123. The van der Waals surface area contributed by atoms with Crippen LogP contribution in [-0.4, -0.2) is 29.1 Å². The Morgan fingerprint density at radius 3 is 2.50 bits per heavy atom. The van der Waals surface area contributed by atoms with E-state index in [1.165, 1.54) is 0 Å². The molecule has 0 bridgehead atoms. The van der Waals surface area contributed by atoms with E-state index in [0.717, 1.165) is 11.1 Å². The van der Waals surface area contributed by atoms with E-state index in [1.54, 1.807) is 31.3 Å². The molecule has 136 valence electrons. The van der Waals surface area contributed by atoms with E-state index in [0.29, 0.717) is 17.3 Å². The number of aryl methyl sites for hydroxylation is 2. The van der Waals surface area contributed by atoms with E-state index in [1.807, 2.05) is 32.0 Å². The number of nitrogens with one attached hydrogen (secondary N) is 2. The lowest BCUT2D eigenvalue weighted by atomic mass is 10.2. The zero-order valence-corrected chi connectivity index (χ0v) is 15.1. The second kappa shape index (κ2) is 9.31. The second-order valence-electron chi connectivity index (χ2n) is 5.93. The molecule has 2 N–H and O–H groups in total. The normalized spacial score (nSPS) is 11.0. The van der Waals surface area contributed by atoms with Crippen LogP contribution in [0.1, 0.15) is 24.5 Å². The molecule has 0 atom stereocenters. The molecule has 0 aliphatic heterocycles. The summed E-state index contributed by atoms with van der Waals surface area (Å²) in [7, 11) is 0. The van der Waals surface area contributed by atoms with Crippen molar-refractivity contribution < 1.29 is 14.3 Å². The predicted octanol–water partition coefficient (Wildman–Crippen LogP) is 2.60. The molecule has 0 aliphatic carbocycles. The summed E-state index contributed by atoms with van der Waals surface area (Å²) in [5, 5.41) is 6.59. The maximum atomic E-state index is 11.9. The van der Waals surface area contributed by atoms with E-state index >= 15 is 0 Å². The van der Waals surface area contributed by atoms with Gasteiger partial charge in [0.25, 0.3) is 5.91 Å². The molecule has 2 rings (SSSR count). The Bertz CT molecular complexity index is 801. The molecule has 0 fully saturated rings. The van der Waals surface area contributed by atoms with Crippen LogP contribution in [-0.2, 0) is 9.59 Å². The number of hydrogen-bond donors (Lipinski definition) is 2. The van der Waals surface area contributed by atoms with Gasteiger partial charge in [0, 0.05) is 11.9 Å². The van der Waals surface area contributed by atoms with E-state index in [4.69, 9.17) is 4.74 Å². The number of ether oxygens (including phenoxy) is 1. The van der Waals surface area contributed by atoms with Gasteiger partial charge in [-0.05, 0) is 50.6 Å². The minimum absolute atomic E-state index is 0.0503. The standard InChI is InChI=1S/C19H22N4O3/c1-13-4-6-16(7-5-13)26-12-19(25)23-22-15(3)11-18(24)21-17-10-14(2)8-9-20-17/h4-10H,11-12H2,1-3H3,(H,23,25)(H,20,21,24)/b22-15-. The molecule has 7 nitrogen and oxygen atoms in total. The number of carbonyl (C=O) groups is 2. The molecule has 0 saturated heterocycles. The molecule has 1 heterocycles. The highest BCUT2D eigenvalue weighted by molar-refractivity contribution is 6.05. The van der Waals surface area contributed by atoms with Gasteiger partial charge in [-0.1, -0.05) is 17.7 Å². The van der Waals surface area contributed by atoms with Crippen molar-refractivity contribution in [2.45, 2.75) is 27.2 Å². The highest BCUT2D eigenvalue weighted by Gasteiger charge is 2.07. The van der Waals surface area contributed by atoms with Crippen molar-refractivity contribution in [3.63, 3.8) is 0 Å². The van der Waals surface area contributed by atoms with Crippen LogP contribution in [0.2, 0.25) is 0 Å². The van der Waals surface area contributed by atoms with E-state index in [-0.39, 0.29) is 18.9 Å². The number of rotatable bonds is 7. The predicted molar refractivity (Wildman–Crippen MR) is 100 cm³/mol. The van der Waals surface area contributed by atoms with Gasteiger partial charge in [-0.25, -0.2) is 10.4 Å². The zero-order valence-electron chi connectivity index (χ0n) is 15.1. The van der Waals surface area contributed by atoms with Crippen molar-refractivity contribution in [3.05, 3.63) is 53.7 Å². The molecule has 7 heteroatoms. The molecule has 2 aromatic rings. The smallest absolute Gasteiger partial charge is 0.277 e. The highest BCUT2D eigenvalue weighted by atomic mass is 16.5. The molecule has 1 aromatic heterocycles. The van der Waals surface area contributed by atoms with Crippen LogP contribution in [0.5, 0.6) is 5.75 Å². The van der Waals surface area contributed by atoms with E-state index in [2.05, 4.69) is 20.8 Å². The summed E-state index contributed by atoms with van der Waals surface area (Å²) in [4.78, 5) is 27.8. The van der Waals surface area contributed by atoms with Crippen LogP contribution < -0.4 is 15.5 Å². The Balaban J connectivity index is 1.75. The fourth-order valence-corrected chi connectivity index (χ4v) is 2.04. The van der Waals surface area contributed by atoms with Crippen molar-refractivity contribution in [1.82, 2.24) is 10.4 Å². The molecule has 0 radical (unpaired) electrons.